The summed E-state index contributed by atoms with van der Waals surface area (Å²) < 4.78 is 3.92. The minimum Gasteiger partial charge on any atom is -0.356 e. The van der Waals surface area contributed by atoms with Crippen molar-refractivity contribution in [3.63, 3.8) is 0 Å². The quantitative estimate of drug-likeness (QED) is 0.292. The molecule has 2 unspecified atom stereocenters. The van der Waals surface area contributed by atoms with Crippen LogP contribution in [0.2, 0.25) is 0 Å². The van der Waals surface area contributed by atoms with Gasteiger partial charge in [-0.25, -0.2) is 0 Å². The largest absolute Gasteiger partial charge is 0.356 e. The molecular formula is C2H8N2O3. The Morgan fingerprint density at radius 1 is 1.14 bits per heavy atom. The molecular weight excluding hydrogens is 100 g/mol. The smallest absolute Gasteiger partial charge is 0.214 e. The highest BCUT2D eigenvalue weighted by Gasteiger charge is 1.97. The highest BCUT2D eigenvalue weighted by molar-refractivity contribution is 4.19. The van der Waals surface area contributed by atoms with E-state index in [1.807, 2.05) is 0 Å². The van der Waals surface area contributed by atoms with Gasteiger partial charge in [0, 0.05) is 0 Å². The van der Waals surface area contributed by atoms with E-state index in [0.29, 0.717) is 0 Å². The first-order valence-electron chi connectivity index (χ1n) is 1.65. The lowest BCUT2D eigenvalue weighted by Crippen LogP contribution is -2.33. The molecule has 0 bridgehead atoms. The second-order valence-electron chi connectivity index (χ2n) is 0.917. The first-order chi connectivity index (χ1) is 3.13. The third-order valence-corrected chi connectivity index (χ3v) is 0.279. The Bertz CT molecular complexity index is 40.2. The first-order valence-corrected chi connectivity index (χ1v) is 1.65. The van der Waals surface area contributed by atoms with Crippen LogP contribution in [-0.2, 0) is 4.74 Å². The molecule has 0 aromatic heterocycles. The van der Waals surface area contributed by atoms with E-state index < -0.39 is 12.8 Å². The molecule has 0 aromatic rings. The molecule has 0 heterocycles. The van der Waals surface area contributed by atoms with E-state index in [2.05, 4.69) is 16.2 Å². The molecule has 0 rings (SSSR count). The van der Waals surface area contributed by atoms with Gasteiger partial charge in [-0.05, 0) is 0 Å². The van der Waals surface area contributed by atoms with Crippen molar-refractivity contribution in [3.8, 4) is 0 Å². The molecule has 0 fully saturated rings. The Morgan fingerprint density at radius 3 is 1.43 bits per heavy atom. The fourth-order valence-corrected chi connectivity index (χ4v) is 0.143. The van der Waals surface area contributed by atoms with Crippen LogP contribution in [0, 0.1) is 0 Å². The second-order valence-corrected chi connectivity index (χ2v) is 0.917. The zero-order valence-electron chi connectivity index (χ0n) is 3.61. The van der Waals surface area contributed by atoms with E-state index in [1.54, 1.807) is 0 Å². The molecule has 0 saturated heterocycles. The van der Waals surface area contributed by atoms with Gasteiger partial charge in [0.05, 0.1) is 0 Å². The number of hydrogen-bond acceptors (Lipinski definition) is 5. The van der Waals surface area contributed by atoms with Gasteiger partial charge in [-0.15, -0.1) is 0 Å². The fourth-order valence-electron chi connectivity index (χ4n) is 0.143. The zero-order chi connectivity index (χ0) is 5.86. The van der Waals surface area contributed by atoms with Gasteiger partial charge in [0.25, 0.3) is 0 Å². The monoisotopic (exact) mass is 108 g/mol. The average Bonchev–Trinajstić information content (AvgIpc) is 1.27. The Labute approximate surface area is 40.5 Å². The van der Waals surface area contributed by atoms with Crippen molar-refractivity contribution < 1.29 is 14.9 Å². The summed E-state index contributed by atoms with van der Waals surface area (Å²) in [5.41, 5.74) is 9.17. The molecule has 7 heavy (non-hydrogen) atoms. The van der Waals surface area contributed by atoms with Crippen molar-refractivity contribution in [2.45, 2.75) is 12.8 Å². The maximum absolute atomic E-state index is 8.04. The van der Waals surface area contributed by atoms with Gasteiger partial charge in [0.15, 0.2) is 0 Å². The summed E-state index contributed by atoms with van der Waals surface area (Å²) in [4.78, 5) is 0. The lowest BCUT2D eigenvalue weighted by Gasteiger charge is -2.06. The molecule has 44 valence electrons. The maximum Gasteiger partial charge on any atom is 0.214 e. The van der Waals surface area contributed by atoms with Crippen molar-refractivity contribution in [2.24, 2.45) is 11.5 Å². The average molecular weight is 108 g/mol. The predicted octanol–water partition coefficient (Wildman–Crippen LogP) is -2.53. The molecule has 6 N–H and O–H groups in total. The van der Waals surface area contributed by atoms with Crippen LogP contribution in [0.3, 0.4) is 0 Å². The summed E-state index contributed by atoms with van der Waals surface area (Å²) in [6, 6.07) is 0. The van der Waals surface area contributed by atoms with Crippen LogP contribution in [0.15, 0.2) is 0 Å². The molecule has 0 aromatic carbocycles. The normalized spacial score (nSPS) is 18.9. The lowest BCUT2D eigenvalue weighted by molar-refractivity contribution is -0.201. The summed E-state index contributed by atoms with van der Waals surface area (Å²) in [6.07, 6.45) is -3.00. The standard InChI is InChI=1S/C2H8N2O3/c3-1(5)7-2(4)6/h1-2,5-6H,3-4H2. The third kappa shape index (κ3) is 5.80. The minimum absolute atomic E-state index is 1.50. The van der Waals surface area contributed by atoms with Gasteiger partial charge in [0.2, 0.25) is 12.8 Å². The summed E-state index contributed by atoms with van der Waals surface area (Å²) in [5, 5.41) is 16.1. The first kappa shape index (κ1) is 6.80. The van der Waals surface area contributed by atoms with Gasteiger partial charge in [0.1, 0.15) is 0 Å². The topological polar surface area (TPSA) is 102 Å². The Kier molecular flexibility index (Phi) is 2.81. The van der Waals surface area contributed by atoms with E-state index >= 15 is 0 Å². The SMILES string of the molecule is NC(O)OC(N)O. The summed E-state index contributed by atoms with van der Waals surface area (Å²) in [7, 11) is 0. The van der Waals surface area contributed by atoms with E-state index in [-0.39, 0.29) is 0 Å². The van der Waals surface area contributed by atoms with Gasteiger partial charge < -0.3 is 10.2 Å². The zero-order valence-corrected chi connectivity index (χ0v) is 3.61. The van der Waals surface area contributed by atoms with Crippen LogP contribution in [0.1, 0.15) is 0 Å². The molecule has 5 heteroatoms. The van der Waals surface area contributed by atoms with Crippen molar-refractivity contribution in [2.75, 3.05) is 0 Å². The minimum atomic E-state index is -1.50. The molecule has 0 spiro atoms. The highest BCUT2D eigenvalue weighted by Crippen LogP contribution is 1.75. The number of aliphatic hydroxyl groups is 2. The molecule has 0 saturated carbocycles. The number of nitrogens with two attached hydrogens (primary N) is 2. The van der Waals surface area contributed by atoms with Crippen LogP contribution < -0.4 is 11.5 Å². The summed E-state index contributed by atoms with van der Waals surface area (Å²) in [5.74, 6) is 0. The number of ether oxygens (including phenoxy) is 1. The van der Waals surface area contributed by atoms with E-state index in [9.17, 15) is 0 Å². The molecule has 0 radical (unpaired) electrons. The van der Waals surface area contributed by atoms with Crippen LogP contribution in [-0.4, -0.2) is 23.0 Å². The van der Waals surface area contributed by atoms with Gasteiger partial charge >= 0.3 is 0 Å². The predicted molar refractivity (Wildman–Crippen MR) is 21.5 cm³/mol. The highest BCUT2D eigenvalue weighted by atomic mass is 16.7. The molecule has 0 aliphatic carbocycles. The molecule has 2 atom stereocenters. The van der Waals surface area contributed by atoms with Crippen LogP contribution >= 0.6 is 0 Å². The van der Waals surface area contributed by atoms with E-state index in [0.717, 1.165) is 0 Å². The lowest BCUT2D eigenvalue weighted by atomic mass is 11.1. The second kappa shape index (κ2) is 2.89. The Hall–Kier alpha value is -0.200. The third-order valence-electron chi connectivity index (χ3n) is 0.279. The van der Waals surface area contributed by atoms with E-state index in [1.165, 1.54) is 0 Å². The van der Waals surface area contributed by atoms with E-state index in [4.69, 9.17) is 10.2 Å². The van der Waals surface area contributed by atoms with Gasteiger partial charge in [-0.1, -0.05) is 0 Å². The molecule has 0 aliphatic heterocycles. The molecule has 5 nitrogen and oxygen atoms in total. The summed E-state index contributed by atoms with van der Waals surface area (Å²) >= 11 is 0. The van der Waals surface area contributed by atoms with Gasteiger partial charge in [-0.3, -0.25) is 16.2 Å². The fraction of sp³-hybridized carbons (Fsp3) is 1.00. The van der Waals surface area contributed by atoms with Crippen molar-refractivity contribution in [1.29, 1.82) is 0 Å². The summed E-state index contributed by atoms with van der Waals surface area (Å²) in [6.45, 7) is 0. The van der Waals surface area contributed by atoms with Crippen LogP contribution in [0.25, 0.3) is 0 Å². The molecule has 0 aliphatic rings. The van der Waals surface area contributed by atoms with Crippen LogP contribution in [0.5, 0.6) is 0 Å². The maximum atomic E-state index is 8.04. The van der Waals surface area contributed by atoms with Crippen molar-refractivity contribution in [3.05, 3.63) is 0 Å². The van der Waals surface area contributed by atoms with Crippen molar-refractivity contribution >= 4 is 0 Å². The number of hydrogen-bond donors (Lipinski definition) is 4. The number of aliphatic hydroxyl groups excluding tert-OH is 2. The Morgan fingerprint density at radius 2 is 1.43 bits per heavy atom. The Balaban J connectivity index is 2.95. The van der Waals surface area contributed by atoms with Crippen LogP contribution in [0.4, 0.5) is 0 Å². The molecule has 0 amide bonds. The van der Waals surface area contributed by atoms with Crippen molar-refractivity contribution in [1.82, 2.24) is 0 Å². The number of rotatable bonds is 2. The van der Waals surface area contributed by atoms with Gasteiger partial charge in [-0.2, -0.15) is 0 Å².